The van der Waals surface area contributed by atoms with Gasteiger partial charge in [-0.2, -0.15) is 0 Å². The summed E-state index contributed by atoms with van der Waals surface area (Å²) in [5.74, 6) is 3.54. The summed E-state index contributed by atoms with van der Waals surface area (Å²) in [5.41, 5.74) is 2.20. The lowest BCUT2D eigenvalue weighted by Crippen LogP contribution is -2.51. The van der Waals surface area contributed by atoms with Crippen molar-refractivity contribution in [2.24, 2.45) is 0 Å². The molecule has 0 unspecified atom stereocenters. The summed E-state index contributed by atoms with van der Waals surface area (Å²) in [6.07, 6.45) is 3.03. The second kappa shape index (κ2) is 13.1. The van der Waals surface area contributed by atoms with Crippen LogP contribution in [0.2, 0.25) is 33.2 Å². The zero-order chi connectivity index (χ0) is 33.6. The largest absolute Gasteiger partial charge is 0.543 e. The molecule has 0 aliphatic carbocycles. The molecular weight excluding hydrogens is 582 g/mol. The van der Waals surface area contributed by atoms with Crippen molar-refractivity contribution in [3.8, 4) is 17.8 Å². The van der Waals surface area contributed by atoms with Gasteiger partial charge in [0.05, 0.1) is 16.8 Å². The Morgan fingerprint density at radius 3 is 1.59 bits per heavy atom. The Kier molecular flexibility index (Phi) is 11.0. The monoisotopic (exact) mass is 640 g/mol. The van der Waals surface area contributed by atoms with E-state index in [4.69, 9.17) is 18.2 Å². The van der Waals surface area contributed by atoms with E-state index >= 15 is 4.39 Å². The van der Waals surface area contributed by atoms with Gasteiger partial charge in [0.25, 0.3) is 16.6 Å². The van der Waals surface area contributed by atoms with Crippen LogP contribution in [-0.4, -0.2) is 35.0 Å². The van der Waals surface area contributed by atoms with Crippen LogP contribution < -0.4 is 9.89 Å². The van der Waals surface area contributed by atoms with Gasteiger partial charge in [-0.15, -0.1) is 0 Å². The Morgan fingerprint density at radius 2 is 1.16 bits per heavy atom. The van der Waals surface area contributed by atoms with E-state index in [0.29, 0.717) is 44.2 Å². The molecule has 44 heavy (non-hydrogen) atoms. The maximum atomic E-state index is 15.8. The second-order valence-electron chi connectivity index (χ2n) is 15.7. The van der Waals surface area contributed by atoms with Crippen molar-refractivity contribution in [2.45, 2.75) is 155 Å². The van der Waals surface area contributed by atoms with E-state index in [9.17, 15) is 0 Å². The molecule has 3 rings (SSSR count). The lowest BCUT2D eigenvalue weighted by molar-refractivity contribution is 0.00578. The van der Waals surface area contributed by atoms with Gasteiger partial charge < -0.3 is 18.2 Å². The standard InChI is InChI=1S/C36H58BFO4Si2/c1-23(2)43(24(3)4,25(5)6)39-20-19-31-33(38)18-17-29-21-30(40-44(26(7)8,27(9)10)28(11)12)22-32(34(29)31)37-41-35(13,14)36(15,16)42-37/h17-18,21-28H,1-16H3. The first-order chi connectivity index (χ1) is 20.2. The number of hydrogen-bond donors (Lipinski definition) is 0. The fraction of sp³-hybridized carbons (Fsp3) is 0.667. The van der Waals surface area contributed by atoms with Crippen molar-refractivity contribution in [1.82, 2.24) is 0 Å². The van der Waals surface area contributed by atoms with Crippen LogP contribution in [0.5, 0.6) is 5.75 Å². The van der Waals surface area contributed by atoms with E-state index in [1.54, 1.807) is 0 Å². The molecule has 0 bridgehead atoms. The third-order valence-corrected chi connectivity index (χ3v) is 22.6. The van der Waals surface area contributed by atoms with Crippen LogP contribution in [0.15, 0.2) is 24.3 Å². The van der Waals surface area contributed by atoms with Gasteiger partial charge in [0.15, 0.2) is 0 Å². The Hall–Kier alpha value is -1.79. The first-order valence-corrected chi connectivity index (χ1v) is 20.9. The van der Waals surface area contributed by atoms with Crippen LogP contribution in [-0.2, 0) is 13.7 Å². The Balaban J connectivity index is 2.32. The minimum Gasteiger partial charge on any atom is -0.543 e. The average molecular weight is 641 g/mol. The van der Waals surface area contributed by atoms with Gasteiger partial charge in [-0.3, -0.25) is 0 Å². The molecule has 2 aromatic rings. The van der Waals surface area contributed by atoms with Gasteiger partial charge in [-0.25, -0.2) is 4.39 Å². The SMILES string of the molecule is CC(C)[Si](OC#Cc1c(F)ccc2cc(O[Si](C(C)C)(C(C)C)C(C)C)cc(B3OC(C)(C)C(C)(C)O3)c12)(C(C)C)C(C)C. The average Bonchev–Trinajstić information content (AvgIpc) is 3.10. The molecule has 8 heteroatoms. The van der Waals surface area contributed by atoms with Crippen LogP contribution in [0.25, 0.3) is 10.8 Å². The highest BCUT2D eigenvalue weighted by Crippen LogP contribution is 2.44. The molecule has 1 aliphatic heterocycles. The molecular formula is C36H58BFO4Si2. The number of halogens is 1. The molecule has 4 nitrogen and oxygen atoms in total. The molecule has 0 radical (unpaired) electrons. The van der Waals surface area contributed by atoms with Gasteiger partial charge >= 0.3 is 7.12 Å². The zero-order valence-electron chi connectivity index (χ0n) is 30.4. The van der Waals surface area contributed by atoms with E-state index < -0.39 is 35.0 Å². The molecule has 1 fully saturated rings. The van der Waals surface area contributed by atoms with Crippen LogP contribution in [0, 0.1) is 17.8 Å². The predicted octanol–water partition coefficient (Wildman–Crippen LogP) is 10.3. The maximum Gasteiger partial charge on any atom is 0.495 e. The fourth-order valence-electron chi connectivity index (χ4n) is 7.86. The van der Waals surface area contributed by atoms with E-state index in [-0.39, 0.29) is 5.82 Å². The van der Waals surface area contributed by atoms with Crippen molar-refractivity contribution in [3.63, 3.8) is 0 Å². The summed E-state index contributed by atoms with van der Waals surface area (Å²) in [7, 11) is -5.26. The molecule has 0 saturated carbocycles. The van der Waals surface area contributed by atoms with Gasteiger partial charge in [-0.1, -0.05) is 89.2 Å². The second-order valence-corrected chi connectivity index (χ2v) is 26.4. The van der Waals surface area contributed by atoms with E-state index in [0.717, 1.165) is 16.6 Å². The third kappa shape index (κ3) is 6.41. The Bertz CT molecular complexity index is 1330. The summed E-state index contributed by atoms with van der Waals surface area (Å²) < 4.78 is 42.7. The first kappa shape index (κ1) is 36.7. The molecule has 0 N–H and O–H groups in total. The van der Waals surface area contributed by atoms with E-state index in [1.807, 2.05) is 45.9 Å². The van der Waals surface area contributed by atoms with E-state index in [1.165, 1.54) is 6.07 Å². The minimum absolute atomic E-state index is 0.304. The Morgan fingerprint density at radius 1 is 0.705 bits per heavy atom. The first-order valence-electron chi connectivity index (χ1n) is 16.6. The lowest BCUT2D eigenvalue weighted by Gasteiger charge is -2.42. The Labute approximate surface area is 270 Å². The highest BCUT2D eigenvalue weighted by Gasteiger charge is 2.53. The van der Waals surface area contributed by atoms with Crippen LogP contribution in [0.3, 0.4) is 0 Å². The van der Waals surface area contributed by atoms with Gasteiger partial charge in [0.2, 0.25) is 0 Å². The number of benzene rings is 2. The third-order valence-electron chi connectivity index (χ3n) is 10.7. The lowest BCUT2D eigenvalue weighted by atomic mass is 9.75. The smallest absolute Gasteiger partial charge is 0.495 e. The van der Waals surface area contributed by atoms with Gasteiger partial charge in [0, 0.05) is 5.39 Å². The minimum atomic E-state index is -2.27. The molecule has 0 aromatic heterocycles. The number of hydrogen-bond acceptors (Lipinski definition) is 4. The van der Waals surface area contributed by atoms with Crippen LogP contribution in [0.4, 0.5) is 4.39 Å². The number of fused-ring (bicyclic) bond motifs is 1. The topological polar surface area (TPSA) is 36.9 Å². The molecule has 1 heterocycles. The van der Waals surface area contributed by atoms with Crippen molar-refractivity contribution >= 4 is 40.0 Å². The van der Waals surface area contributed by atoms with Crippen molar-refractivity contribution in [2.75, 3.05) is 0 Å². The quantitative estimate of drug-likeness (QED) is 0.191. The molecule has 0 amide bonds. The summed E-state index contributed by atoms with van der Waals surface area (Å²) in [4.78, 5) is 0. The number of rotatable bonds is 10. The zero-order valence-corrected chi connectivity index (χ0v) is 32.4. The van der Waals surface area contributed by atoms with Crippen LogP contribution in [0.1, 0.15) is 116 Å². The maximum absolute atomic E-state index is 15.8. The van der Waals surface area contributed by atoms with Crippen molar-refractivity contribution < 1.29 is 22.6 Å². The summed E-state index contributed by atoms with van der Waals surface area (Å²) in [5, 5.41) is 1.53. The molecule has 2 aromatic carbocycles. The fourth-order valence-corrected chi connectivity index (χ4v) is 18.0. The van der Waals surface area contributed by atoms with Crippen LogP contribution >= 0.6 is 0 Å². The van der Waals surface area contributed by atoms with Crippen molar-refractivity contribution in [1.29, 1.82) is 0 Å². The molecule has 244 valence electrons. The molecule has 0 atom stereocenters. The summed E-state index contributed by atoms with van der Waals surface area (Å²) in [6.45, 7) is 35.1. The molecule has 1 aliphatic rings. The van der Waals surface area contributed by atoms with E-state index in [2.05, 4.69) is 95.1 Å². The normalized spacial score (nSPS) is 17.0. The molecule has 0 spiro atoms. The van der Waals surface area contributed by atoms with Gasteiger partial charge in [-0.05, 0) is 95.9 Å². The predicted molar refractivity (Wildman–Crippen MR) is 190 cm³/mol. The summed E-state index contributed by atoms with van der Waals surface area (Å²) >= 11 is 0. The molecule has 1 saturated heterocycles. The van der Waals surface area contributed by atoms with Gasteiger partial charge in [0.1, 0.15) is 17.7 Å². The highest BCUT2D eigenvalue weighted by atomic mass is 28.4. The summed E-state index contributed by atoms with van der Waals surface area (Å²) in [6, 6.07) is 7.37. The highest BCUT2D eigenvalue weighted by molar-refractivity contribution is 6.78. The van der Waals surface area contributed by atoms with Crippen molar-refractivity contribution in [3.05, 3.63) is 35.6 Å².